The van der Waals surface area contributed by atoms with Crippen molar-refractivity contribution in [1.82, 2.24) is 5.32 Å². The highest BCUT2D eigenvalue weighted by atomic mass is 16.5. The van der Waals surface area contributed by atoms with Gasteiger partial charge in [0.15, 0.2) is 0 Å². The molecule has 5 nitrogen and oxygen atoms in total. The van der Waals surface area contributed by atoms with Gasteiger partial charge in [-0.2, -0.15) is 0 Å². The van der Waals surface area contributed by atoms with E-state index in [9.17, 15) is 9.90 Å². The highest BCUT2D eigenvalue weighted by molar-refractivity contribution is 5.95. The van der Waals surface area contributed by atoms with Gasteiger partial charge < -0.3 is 20.5 Å². The Morgan fingerprint density at radius 2 is 2.32 bits per heavy atom. The van der Waals surface area contributed by atoms with Gasteiger partial charge in [0.05, 0.1) is 18.8 Å². The fourth-order valence-corrected chi connectivity index (χ4v) is 2.21. The van der Waals surface area contributed by atoms with Crippen LogP contribution in [0.3, 0.4) is 0 Å². The number of ether oxygens (including phenoxy) is 1. The summed E-state index contributed by atoms with van der Waals surface area (Å²) in [5.74, 6) is -0.0959. The summed E-state index contributed by atoms with van der Waals surface area (Å²) in [5.41, 5.74) is 1.86. The van der Waals surface area contributed by atoms with Gasteiger partial charge >= 0.3 is 0 Å². The molecule has 0 spiro atoms. The summed E-state index contributed by atoms with van der Waals surface area (Å²) in [6.07, 6.45) is 0.791. The molecule has 1 aliphatic heterocycles. The normalized spacial score (nSPS) is 22.4. The van der Waals surface area contributed by atoms with Crippen molar-refractivity contribution >= 4 is 11.6 Å². The zero-order chi connectivity index (χ0) is 13.7. The minimum Gasteiger partial charge on any atom is -0.392 e. The predicted molar refractivity (Wildman–Crippen MR) is 73.1 cm³/mol. The predicted octanol–water partition coefficient (Wildman–Crippen LogP) is 0.537. The zero-order valence-corrected chi connectivity index (χ0v) is 11.1. The van der Waals surface area contributed by atoms with Gasteiger partial charge in [0.2, 0.25) is 5.91 Å². The summed E-state index contributed by atoms with van der Waals surface area (Å²) in [5, 5.41) is 15.3. The number of rotatable bonds is 5. The van der Waals surface area contributed by atoms with Crippen LogP contribution >= 0.6 is 0 Å². The Bertz CT molecular complexity index is 436. The molecule has 0 aromatic heterocycles. The Labute approximate surface area is 113 Å². The maximum atomic E-state index is 12.1. The molecular weight excluding hydrogens is 244 g/mol. The maximum absolute atomic E-state index is 12.1. The Morgan fingerprint density at radius 3 is 3.00 bits per heavy atom. The number of anilines is 1. The molecule has 0 aliphatic carbocycles. The number of carbonyl (C=O) groups excluding carboxylic acids is 1. The molecule has 19 heavy (non-hydrogen) atoms. The third-order valence-electron chi connectivity index (χ3n) is 3.27. The van der Waals surface area contributed by atoms with Crippen LogP contribution in [0.1, 0.15) is 12.0 Å². The van der Waals surface area contributed by atoms with Crippen molar-refractivity contribution in [3.63, 3.8) is 0 Å². The van der Waals surface area contributed by atoms with Crippen LogP contribution in [0.25, 0.3) is 0 Å². The number of hydrogen-bond acceptors (Lipinski definition) is 4. The van der Waals surface area contributed by atoms with Gasteiger partial charge in [-0.25, -0.2) is 0 Å². The lowest BCUT2D eigenvalue weighted by Gasteiger charge is -2.14. The summed E-state index contributed by atoms with van der Waals surface area (Å²) >= 11 is 0. The van der Waals surface area contributed by atoms with Gasteiger partial charge in [-0.15, -0.1) is 0 Å². The first-order valence-electron chi connectivity index (χ1n) is 6.50. The van der Waals surface area contributed by atoms with E-state index in [1.165, 1.54) is 0 Å². The number of aliphatic hydroxyl groups is 1. The first-order valence-corrected chi connectivity index (χ1v) is 6.50. The smallest absolute Gasteiger partial charge is 0.241 e. The molecule has 0 saturated carbocycles. The molecule has 2 atom stereocenters. The summed E-state index contributed by atoms with van der Waals surface area (Å²) < 4.78 is 5.06. The highest BCUT2D eigenvalue weighted by Crippen LogP contribution is 2.17. The second kappa shape index (κ2) is 6.65. The monoisotopic (exact) mass is 264 g/mol. The number of methoxy groups -OCH3 is 1. The molecule has 2 unspecified atom stereocenters. The van der Waals surface area contributed by atoms with Crippen LogP contribution in [0.5, 0.6) is 0 Å². The molecule has 1 aromatic rings. The quantitative estimate of drug-likeness (QED) is 0.726. The van der Waals surface area contributed by atoms with Crippen molar-refractivity contribution < 1.29 is 14.6 Å². The van der Waals surface area contributed by atoms with Gasteiger partial charge in [-0.05, 0) is 24.5 Å². The van der Waals surface area contributed by atoms with Crippen LogP contribution in [0.15, 0.2) is 24.3 Å². The van der Waals surface area contributed by atoms with E-state index in [0.29, 0.717) is 19.6 Å². The van der Waals surface area contributed by atoms with E-state index in [2.05, 4.69) is 10.6 Å². The number of aliphatic hydroxyl groups excluding tert-OH is 1. The van der Waals surface area contributed by atoms with Crippen molar-refractivity contribution in [3.8, 4) is 0 Å². The Kier molecular flexibility index (Phi) is 4.90. The number of carbonyl (C=O) groups is 1. The van der Waals surface area contributed by atoms with E-state index in [4.69, 9.17) is 4.74 Å². The van der Waals surface area contributed by atoms with Crippen LogP contribution in [0.2, 0.25) is 0 Å². The van der Waals surface area contributed by atoms with E-state index in [0.717, 1.165) is 17.7 Å². The summed E-state index contributed by atoms with van der Waals surface area (Å²) in [4.78, 5) is 12.1. The first-order chi connectivity index (χ1) is 9.20. The lowest BCUT2D eigenvalue weighted by molar-refractivity contribution is -0.117. The summed E-state index contributed by atoms with van der Waals surface area (Å²) in [7, 11) is 1.66. The van der Waals surface area contributed by atoms with Crippen molar-refractivity contribution in [2.24, 2.45) is 0 Å². The van der Waals surface area contributed by atoms with Crippen molar-refractivity contribution in [1.29, 1.82) is 0 Å². The van der Waals surface area contributed by atoms with E-state index in [-0.39, 0.29) is 11.9 Å². The summed E-state index contributed by atoms with van der Waals surface area (Å²) in [6, 6.07) is 7.38. The molecule has 1 saturated heterocycles. The highest BCUT2D eigenvalue weighted by Gasteiger charge is 2.28. The molecule has 5 heteroatoms. The SMILES string of the molecule is COCCc1ccccc1NC(=O)C1CC(O)CN1. The van der Waals surface area contributed by atoms with Crippen LogP contribution in [-0.4, -0.2) is 43.4 Å². The van der Waals surface area contributed by atoms with Crippen molar-refractivity contribution in [2.45, 2.75) is 25.0 Å². The Hall–Kier alpha value is -1.43. The number of benzene rings is 1. The molecular formula is C14H20N2O3. The second-order valence-corrected chi connectivity index (χ2v) is 4.74. The third kappa shape index (κ3) is 3.76. The molecule has 1 heterocycles. The van der Waals surface area contributed by atoms with E-state index >= 15 is 0 Å². The van der Waals surface area contributed by atoms with Crippen molar-refractivity contribution in [2.75, 3.05) is 25.6 Å². The third-order valence-corrected chi connectivity index (χ3v) is 3.27. The summed E-state index contributed by atoms with van der Waals surface area (Å²) in [6.45, 7) is 1.09. The van der Waals surface area contributed by atoms with Gasteiger partial charge in [0.1, 0.15) is 0 Å². The van der Waals surface area contributed by atoms with Crippen LogP contribution in [0, 0.1) is 0 Å². The maximum Gasteiger partial charge on any atom is 0.241 e. The fraction of sp³-hybridized carbons (Fsp3) is 0.500. The average molecular weight is 264 g/mol. The van der Waals surface area contributed by atoms with Crippen molar-refractivity contribution in [3.05, 3.63) is 29.8 Å². The van der Waals surface area contributed by atoms with E-state index < -0.39 is 6.10 Å². The first kappa shape index (κ1) is 14.0. The number of para-hydroxylation sites is 1. The number of hydrogen-bond donors (Lipinski definition) is 3. The van der Waals surface area contributed by atoms with Gasteiger partial charge in [0.25, 0.3) is 0 Å². The number of β-amino-alcohol motifs (C(OH)–C–C–N with tert-alkyl or cyclic N) is 1. The minimum atomic E-state index is -0.431. The standard InChI is InChI=1S/C14H20N2O3/c1-19-7-6-10-4-2-3-5-12(10)16-14(18)13-8-11(17)9-15-13/h2-5,11,13,15,17H,6-9H2,1H3,(H,16,18). The number of amides is 1. The second-order valence-electron chi connectivity index (χ2n) is 4.74. The Balaban J connectivity index is 2.00. The van der Waals surface area contributed by atoms with Crippen LogP contribution in [0.4, 0.5) is 5.69 Å². The fourth-order valence-electron chi connectivity index (χ4n) is 2.21. The van der Waals surface area contributed by atoms with Crippen LogP contribution < -0.4 is 10.6 Å². The molecule has 1 fully saturated rings. The molecule has 3 N–H and O–H groups in total. The topological polar surface area (TPSA) is 70.6 Å². The van der Waals surface area contributed by atoms with Crippen LogP contribution in [-0.2, 0) is 16.0 Å². The van der Waals surface area contributed by atoms with E-state index in [1.54, 1.807) is 7.11 Å². The van der Waals surface area contributed by atoms with Gasteiger partial charge in [-0.1, -0.05) is 18.2 Å². The zero-order valence-electron chi connectivity index (χ0n) is 11.1. The lowest BCUT2D eigenvalue weighted by Crippen LogP contribution is -2.35. The molecule has 0 bridgehead atoms. The molecule has 0 radical (unpaired) electrons. The molecule has 2 rings (SSSR count). The molecule has 1 aliphatic rings. The molecule has 1 amide bonds. The van der Waals surface area contributed by atoms with Gasteiger partial charge in [-0.3, -0.25) is 4.79 Å². The lowest BCUT2D eigenvalue weighted by atomic mass is 10.1. The molecule has 104 valence electrons. The van der Waals surface area contributed by atoms with E-state index in [1.807, 2.05) is 24.3 Å². The number of nitrogens with one attached hydrogen (secondary N) is 2. The molecule has 1 aromatic carbocycles. The van der Waals surface area contributed by atoms with Gasteiger partial charge in [0, 0.05) is 19.3 Å². The minimum absolute atomic E-state index is 0.0959. The average Bonchev–Trinajstić information content (AvgIpc) is 2.84. The Morgan fingerprint density at radius 1 is 1.53 bits per heavy atom. The largest absolute Gasteiger partial charge is 0.392 e.